The number of ether oxygens (including phenoxy) is 1. The van der Waals surface area contributed by atoms with Gasteiger partial charge >= 0.3 is 0 Å². The van der Waals surface area contributed by atoms with E-state index in [0.717, 1.165) is 49.9 Å². The van der Waals surface area contributed by atoms with Crippen molar-refractivity contribution in [3.05, 3.63) is 95.1 Å². The molecule has 0 unspecified atom stereocenters. The first-order valence-electron chi connectivity index (χ1n) is 10.1. The van der Waals surface area contributed by atoms with Gasteiger partial charge in [0.25, 0.3) is 5.91 Å². The number of rotatable bonds is 4. The number of halogens is 1. The molecule has 5 rings (SSSR count). The summed E-state index contributed by atoms with van der Waals surface area (Å²) in [6, 6.07) is 16.2. The van der Waals surface area contributed by atoms with Crippen LogP contribution < -0.4 is 4.74 Å². The molecule has 1 aromatic heterocycles. The normalized spacial score (nSPS) is 13.0. The van der Waals surface area contributed by atoms with E-state index in [2.05, 4.69) is 4.98 Å². The van der Waals surface area contributed by atoms with Gasteiger partial charge in [-0.15, -0.1) is 0 Å². The van der Waals surface area contributed by atoms with Crippen LogP contribution in [0, 0.1) is 12.7 Å². The SMILES string of the molecule is COc1ccc2c(C)c3c(c(-c4ccc(F)cc4)c2c1)CN(Cc1ccncc1)C3=O. The van der Waals surface area contributed by atoms with Gasteiger partial charge < -0.3 is 9.64 Å². The van der Waals surface area contributed by atoms with Crippen molar-refractivity contribution in [1.29, 1.82) is 0 Å². The van der Waals surface area contributed by atoms with Crippen molar-refractivity contribution in [2.24, 2.45) is 0 Å². The van der Waals surface area contributed by atoms with Crippen molar-refractivity contribution in [3.8, 4) is 16.9 Å². The van der Waals surface area contributed by atoms with Gasteiger partial charge in [0.1, 0.15) is 11.6 Å². The Kier molecular flexibility index (Phi) is 4.66. The number of aryl methyl sites for hydroxylation is 1. The van der Waals surface area contributed by atoms with Gasteiger partial charge in [0.15, 0.2) is 0 Å². The number of carbonyl (C=O) groups is 1. The van der Waals surface area contributed by atoms with Crippen molar-refractivity contribution in [2.45, 2.75) is 20.0 Å². The highest BCUT2D eigenvalue weighted by molar-refractivity contribution is 6.11. The molecule has 0 spiro atoms. The number of hydrogen-bond acceptors (Lipinski definition) is 3. The van der Waals surface area contributed by atoms with Crippen molar-refractivity contribution >= 4 is 16.7 Å². The average Bonchev–Trinajstić information content (AvgIpc) is 3.11. The molecule has 4 aromatic rings. The van der Waals surface area contributed by atoms with Gasteiger partial charge in [0, 0.05) is 31.0 Å². The number of nitrogens with zero attached hydrogens (tertiary/aromatic N) is 2. The summed E-state index contributed by atoms with van der Waals surface area (Å²) in [6.45, 7) is 3.01. The molecule has 154 valence electrons. The van der Waals surface area contributed by atoms with E-state index in [0.29, 0.717) is 13.1 Å². The van der Waals surface area contributed by atoms with Crippen LogP contribution in [-0.2, 0) is 13.1 Å². The Morgan fingerprint density at radius 1 is 1.00 bits per heavy atom. The molecule has 4 nitrogen and oxygen atoms in total. The molecular formula is C26H21FN2O2. The molecule has 1 aliphatic rings. The van der Waals surface area contributed by atoms with Crippen LogP contribution in [0.3, 0.4) is 0 Å². The maximum absolute atomic E-state index is 13.7. The molecule has 0 atom stereocenters. The summed E-state index contributed by atoms with van der Waals surface area (Å²) in [6.07, 6.45) is 3.47. The Hall–Kier alpha value is -3.73. The van der Waals surface area contributed by atoms with E-state index in [1.807, 2.05) is 42.2 Å². The highest BCUT2D eigenvalue weighted by Crippen LogP contribution is 2.42. The Morgan fingerprint density at radius 2 is 1.74 bits per heavy atom. The van der Waals surface area contributed by atoms with E-state index in [1.165, 1.54) is 12.1 Å². The van der Waals surface area contributed by atoms with E-state index in [4.69, 9.17) is 4.74 Å². The van der Waals surface area contributed by atoms with Crippen LogP contribution in [0.5, 0.6) is 5.75 Å². The summed E-state index contributed by atoms with van der Waals surface area (Å²) >= 11 is 0. The van der Waals surface area contributed by atoms with E-state index in [1.54, 1.807) is 31.6 Å². The van der Waals surface area contributed by atoms with Gasteiger partial charge in [-0.3, -0.25) is 9.78 Å². The first kappa shape index (κ1) is 19.2. The quantitative estimate of drug-likeness (QED) is 0.444. The van der Waals surface area contributed by atoms with E-state index in [-0.39, 0.29) is 11.7 Å². The second-order valence-corrected chi connectivity index (χ2v) is 7.79. The van der Waals surface area contributed by atoms with Crippen LogP contribution in [0.15, 0.2) is 67.0 Å². The zero-order chi connectivity index (χ0) is 21.5. The summed E-state index contributed by atoms with van der Waals surface area (Å²) in [5, 5.41) is 2.00. The zero-order valence-corrected chi connectivity index (χ0v) is 17.4. The lowest BCUT2D eigenvalue weighted by atomic mass is 9.87. The summed E-state index contributed by atoms with van der Waals surface area (Å²) in [4.78, 5) is 19.4. The largest absolute Gasteiger partial charge is 0.497 e. The van der Waals surface area contributed by atoms with E-state index in [9.17, 15) is 9.18 Å². The van der Waals surface area contributed by atoms with Gasteiger partial charge in [0.2, 0.25) is 0 Å². The topological polar surface area (TPSA) is 42.4 Å². The predicted octanol–water partition coefficient (Wildman–Crippen LogP) is 5.51. The third kappa shape index (κ3) is 3.22. The molecule has 1 aliphatic heterocycles. The Balaban J connectivity index is 1.73. The summed E-state index contributed by atoms with van der Waals surface area (Å²) in [7, 11) is 1.64. The number of amides is 1. The van der Waals surface area contributed by atoms with E-state index >= 15 is 0 Å². The number of pyridine rings is 1. The van der Waals surface area contributed by atoms with Gasteiger partial charge in [-0.25, -0.2) is 4.39 Å². The molecule has 0 fully saturated rings. The summed E-state index contributed by atoms with van der Waals surface area (Å²) < 4.78 is 19.1. The minimum atomic E-state index is -0.287. The first-order valence-corrected chi connectivity index (χ1v) is 10.1. The summed E-state index contributed by atoms with van der Waals surface area (Å²) in [5.74, 6) is 0.475. The van der Waals surface area contributed by atoms with Crippen LogP contribution in [0.25, 0.3) is 21.9 Å². The minimum Gasteiger partial charge on any atom is -0.497 e. The predicted molar refractivity (Wildman–Crippen MR) is 118 cm³/mol. The average molecular weight is 412 g/mol. The molecule has 0 aliphatic carbocycles. The molecule has 0 radical (unpaired) electrons. The highest BCUT2D eigenvalue weighted by atomic mass is 19.1. The molecule has 1 amide bonds. The smallest absolute Gasteiger partial charge is 0.255 e. The molecule has 0 bridgehead atoms. The van der Waals surface area contributed by atoms with Crippen molar-refractivity contribution < 1.29 is 13.9 Å². The van der Waals surface area contributed by atoms with E-state index < -0.39 is 0 Å². The number of hydrogen-bond donors (Lipinski definition) is 0. The third-order valence-electron chi connectivity index (χ3n) is 5.98. The van der Waals surface area contributed by atoms with Crippen LogP contribution in [0.1, 0.15) is 27.0 Å². The minimum absolute atomic E-state index is 0.0189. The highest BCUT2D eigenvalue weighted by Gasteiger charge is 2.33. The number of aromatic nitrogens is 1. The molecule has 0 saturated heterocycles. The second kappa shape index (κ2) is 7.51. The molecule has 2 heterocycles. The van der Waals surface area contributed by atoms with Gasteiger partial charge in [-0.2, -0.15) is 0 Å². The Labute approximate surface area is 179 Å². The van der Waals surface area contributed by atoms with Crippen molar-refractivity contribution in [2.75, 3.05) is 7.11 Å². The van der Waals surface area contributed by atoms with Crippen LogP contribution in [0.4, 0.5) is 4.39 Å². The third-order valence-corrected chi connectivity index (χ3v) is 5.98. The monoisotopic (exact) mass is 412 g/mol. The molecule has 31 heavy (non-hydrogen) atoms. The first-order chi connectivity index (χ1) is 15.1. The van der Waals surface area contributed by atoms with Gasteiger partial charge in [-0.05, 0) is 81.9 Å². The fourth-order valence-corrected chi connectivity index (χ4v) is 4.48. The summed E-state index contributed by atoms with van der Waals surface area (Å²) in [5.41, 5.74) is 5.55. The fraction of sp³-hybridized carbons (Fsp3) is 0.154. The molecule has 0 saturated carbocycles. The van der Waals surface area contributed by atoms with Crippen LogP contribution in [-0.4, -0.2) is 22.9 Å². The molecular weight excluding hydrogens is 391 g/mol. The lowest BCUT2D eigenvalue weighted by Crippen LogP contribution is -2.23. The Morgan fingerprint density at radius 3 is 2.45 bits per heavy atom. The van der Waals surface area contributed by atoms with Crippen LogP contribution in [0.2, 0.25) is 0 Å². The lowest BCUT2D eigenvalue weighted by molar-refractivity contribution is 0.0766. The number of methoxy groups -OCH3 is 1. The maximum atomic E-state index is 13.7. The van der Waals surface area contributed by atoms with Gasteiger partial charge in [0.05, 0.1) is 7.11 Å². The van der Waals surface area contributed by atoms with Crippen LogP contribution >= 0.6 is 0 Å². The lowest BCUT2D eigenvalue weighted by Gasteiger charge is -2.16. The fourth-order valence-electron chi connectivity index (χ4n) is 4.48. The zero-order valence-electron chi connectivity index (χ0n) is 17.4. The number of carbonyl (C=O) groups excluding carboxylic acids is 1. The number of benzene rings is 3. The van der Waals surface area contributed by atoms with Crippen molar-refractivity contribution in [3.63, 3.8) is 0 Å². The second-order valence-electron chi connectivity index (χ2n) is 7.79. The maximum Gasteiger partial charge on any atom is 0.255 e. The van der Waals surface area contributed by atoms with Crippen molar-refractivity contribution in [1.82, 2.24) is 9.88 Å². The molecule has 3 aromatic carbocycles. The molecule has 5 heteroatoms. The van der Waals surface area contributed by atoms with Gasteiger partial charge in [-0.1, -0.05) is 18.2 Å². The Bertz CT molecular complexity index is 1300. The number of fused-ring (bicyclic) bond motifs is 2. The molecule has 0 N–H and O–H groups in total. The standard InChI is InChI=1S/C26H21FN2O2/c1-16-21-8-7-20(31-2)13-22(21)25(18-3-5-19(27)6-4-18)23-15-29(26(30)24(16)23)14-17-9-11-28-12-10-17/h3-13H,14-15H2,1-2H3.